The van der Waals surface area contributed by atoms with Crippen molar-refractivity contribution in [1.82, 2.24) is 0 Å². The Balaban J connectivity index is 1.97. The second kappa shape index (κ2) is 5.77. The van der Waals surface area contributed by atoms with E-state index in [4.69, 9.17) is 11.6 Å². The van der Waals surface area contributed by atoms with Crippen molar-refractivity contribution in [3.8, 4) is 0 Å². The molecule has 3 rings (SSSR count). The highest BCUT2D eigenvalue weighted by atomic mass is 35.5. The Morgan fingerprint density at radius 3 is 2.50 bits per heavy atom. The first-order valence-corrected chi connectivity index (χ1v) is 8.09. The topological polar surface area (TPSA) is 37.3 Å². The molecule has 0 saturated heterocycles. The van der Waals surface area contributed by atoms with Crippen LogP contribution in [0.5, 0.6) is 0 Å². The lowest BCUT2D eigenvalue weighted by Crippen LogP contribution is -2.19. The molecule has 1 aromatic carbocycles. The third kappa shape index (κ3) is 2.58. The maximum atomic E-state index is 11.4. The van der Waals surface area contributed by atoms with Crippen LogP contribution in [0.2, 0.25) is 5.02 Å². The van der Waals surface area contributed by atoms with E-state index in [9.17, 15) is 9.90 Å². The molecular weight excluding hydrogens is 272 g/mol. The fraction of sp³-hybridized carbons (Fsp3) is 0.588. The van der Waals surface area contributed by atoms with Crippen LogP contribution in [0.1, 0.15) is 73.5 Å². The summed E-state index contributed by atoms with van der Waals surface area (Å²) in [5, 5.41) is 10.1. The van der Waals surface area contributed by atoms with Gasteiger partial charge in [0.15, 0.2) is 0 Å². The first kappa shape index (κ1) is 13.9. The van der Waals surface area contributed by atoms with Crippen LogP contribution < -0.4 is 0 Å². The molecule has 0 heterocycles. The number of benzene rings is 1. The van der Waals surface area contributed by atoms with Crippen LogP contribution in [0, 0.1) is 0 Å². The minimum absolute atomic E-state index is 0.364. The van der Waals surface area contributed by atoms with Gasteiger partial charge in [-0.2, -0.15) is 0 Å². The van der Waals surface area contributed by atoms with Crippen LogP contribution in [-0.4, -0.2) is 11.1 Å². The van der Waals surface area contributed by atoms with Crippen molar-refractivity contribution in [2.75, 3.05) is 0 Å². The maximum absolute atomic E-state index is 11.4. The quantitative estimate of drug-likeness (QED) is 0.842. The summed E-state index contributed by atoms with van der Waals surface area (Å²) in [5.74, 6) is -0.504. The van der Waals surface area contributed by atoms with Gasteiger partial charge in [-0.05, 0) is 60.8 Å². The Morgan fingerprint density at radius 2 is 1.80 bits per heavy atom. The van der Waals surface area contributed by atoms with Gasteiger partial charge in [0.1, 0.15) is 0 Å². The molecule has 0 aromatic heterocycles. The Morgan fingerprint density at radius 1 is 1.05 bits per heavy atom. The van der Waals surface area contributed by atoms with Gasteiger partial charge in [-0.1, -0.05) is 36.9 Å². The second-order valence-corrected chi connectivity index (χ2v) is 6.60. The fourth-order valence-electron chi connectivity index (χ4n) is 3.83. The molecule has 1 saturated carbocycles. The van der Waals surface area contributed by atoms with E-state index in [1.54, 1.807) is 0 Å². The van der Waals surface area contributed by atoms with E-state index in [0.717, 1.165) is 29.8 Å². The monoisotopic (exact) mass is 292 g/mol. The van der Waals surface area contributed by atoms with E-state index in [-0.39, 0.29) is 5.92 Å². The molecule has 20 heavy (non-hydrogen) atoms. The number of aryl methyl sites for hydroxylation is 1. The molecule has 2 aliphatic rings. The van der Waals surface area contributed by atoms with Crippen LogP contribution >= 0.6 is 11.6 Å². The first-order chi connectivity index (χ1) is 9.66. The Hall–Kier alpha value is -1.02. The number of carboxylic acids is 1. The lowest BCUT2D eigenvalue weighted by atomic mass is 9.78. The smallest absolute Gasteiger partial charge is 0.310 e. The summed E-state index contributed by atoms with van der Waals surface area (Å²) < 4.78 is 0. The highest BCUT2D eigenvalue weighted by Crippen LogP contribution is 2.41. The zero-order chi connectivity index (χ0) is 14.1. The molecule has 1 fully saturated rings. The number of carbonyl (C=O) groups is 1. The van der Waals surface area contributed by atoms with Gasteiger partial charge in [0, 0.05) is 5.02 Å². The summed E-state index contributed by atoms with van der Waals surface area (Å²) in [6.45, 7) is 0. The molecule has 2 aliphatic carbocycles. The van der Waals surface area contributed by atoms with Crippen molar-refractivity contribution in [2.24, 2.45) is 0 Å². The summed E-state index contributed by atoms with van der Waals surface area (Å²) in [6, 6.07) is 4.15. The standard InChI is InChI=1S/C17H21ClO2/c18-16-10-14-12(7-4-8-13(14)17(19)20)9-15(16)11-5-2-1-3-6-11/h9-11,13H,1-8H2,(H,19,20). The third-order valence-electron chi connectivity index (χ3n) is 4.92. The Kier molecular flexibility index (Phi) is 4.02. The van der Waals surface area contributed by atoms with Crippen LogP contribution in [0.4, 0.5) is 0 Å². The number of fused-ring (bicyclic) bond motifs is 1. The van der Waals surface area contributed by atoms with E-state index in [1.165, 1.54) is 43.2 Å². The number of aliphatic carboxylic acids is 1. The van der Waals surface area contributed by atoms with E-state index >= 15 is 0 Å². The first-order valence-electron chi connectivity index (χ1n) is 7.72. The highest BCUT2D eigenvalue weighted by molar-refractivity contribution is 6.31. The predicted molar refractivity (Wildman–Crippen MR) is 80.6 cm³/mol. The minimum Gasteiger partial charge on any atom is -0.481 e. The molecule has 1 N–H and O–H groups in total. The van der Waals surface area contributed by atoms with E-state index in [0.29, 0.717) is 5.92 Å². The minimum atomic E-state index is -0.715. The normalized spacial score (nSPS) is 23.4. The predicted octanol–water partition coefficient (Wildman–Crippen LogP) is 4.89. The lowest BCUT2D eigenvalue weighted by molar-refractivity contribution is -0.139. The third-order valence-corrected chi connectivity index (χ3v) is 5.24. The van der Waals surface area contributed by atoms with Crippen molar-refractivity contribution >= 4 is 17.6 Å². The van der Waals surface area contributed by atoms with Crippen LogP contribution in [0.3, 0.4) is 0 Å². The van der Waals surface area contributed by atoms with Crippen molar-refractivity contribution in [1.29, 1.82) is 0 Å². The van der Waals surface area contributed by atoms with Crippen LogP contribution in [-0.2, 0) is 11.2 Å². The number of hydrogen-bond acceptors (Lipinski definition) is 1. The molecule has 0 aliphatic heterocycles. The molecule has 108 valence electrons. The van der Waals surface area contributed by atoms with Gasteiger partial charge in [-0.3, -0.25) is 4.79 Å². The van der Waals surface area contributed by atoms with Gasteiger partial charge in [0.25, 0.3) is 0 Å². The maximum Gasteiger partial charge on any atom is 0.310 e. The van der Waals surface area contributed by atoms with Crippen molar-refractivity contribution in [3.05, 3.63) is 33.8 Å². The summed E-state index contributed by atoms with van der Waals surface area (Å²) in [4.78, 5) is 11.4. The number of carboxylic acid groups (broad SMARTS) is 1. The molecule has 1 atom stereocenters. The Labute approximate surface area is 125 Å². The van der Waals surface area contributed by atoms with Crippen LogP contribution in [0.25, 0.3) is 0 Å². The number of rotatable bonds is 2. The molecule has 0 radical (unpaired) electrons. The van der Waals surface area contributed by atoms with Gasteiger partial charge in [-0.15, -0.1) is 0 Å². The van der Waals surface area contributed by atoms with Crippen LogP contribution in [0.15, 0.2) is 12.1 Å². The van der Waals surface area contributed by atoms with Gasteiger partial charge >= 0.3 is 5.97 Å². The summed E-state index contributed by atoms with van der Waals surface area (Å²) >= 11 is 6.47. The molecule has 0 bridgehead atoms. The largest absolute Gasteiger partial charge is 0.481 e. The van der Waals surface area contributed by atoms with E-state index in [2.05, 4.69) is 6.07 Å². The summed E-state index contributed by atoms with van der Waals surface area (Å²) in [7, 11) is 0. The number of hydrogen-bond donors (Lipinski definition) is 1. The van der Waals surface area contributed by atoms with Gasteiger partial charge in [0.05, 0.1) is 5.92 Å². The van der Waals surface area contributed by atoms with Crippen molar-refractivity contribution < 1.29 is 9.90 Å². The molecule has 0 spiro atoms. The SMILES string of the molecule is O=C(O)C1CCCc2cc(C3CCCCC3)c(Cl)cc21. The van der Waals surface area contributed by atoms with Gasteiger partial charge in [0.2, 0.25) is 0 Å². The Bertz CT molecular complexity index is 518. The zero-order valence-corrected chi connectivity index (χ0v) is 12.5. The van der Waals surface area contributed by atoms with Crippen molar-refractivity contribution in [2.45, 2.75) is 63.2 Å². The highest BCUT2D eigenvalue weighted by Gasteiger charge is 2.28. The second-order valence-electron chi connectivity index (χ2n) is 6.19. The average molecular weight is 293 g/mol. The zero-order valence-electron chi connectivity index (χ0n) is 11.7. The molecule has 3 heteroatoms. The molecule has 0 amide bonds. The molecule has 1 unspecified atom stereocenters. The summed E-state index contributed by atoms with van der Waals surface area (Å²) in [6.07, 6.45) is 9.06. The van der Waals surface area contributed by atoms with Gasteiger partial charge in [-0.25, -0.2) is 0 Å². The fourth-order valence-corrected chi connectivity index (χ4v) is 4.15. The van der Waals surface area contributed by atoms with Gasteiger partial charge < -0.3 is 5.11 Å². The lowest BCUT2D eigenvalue weighted by Gasteiger charge is -2.27. The number of halogens is 1. The van der Waals surface area contributed by atoms with E-state index < -0.39 is 5.97 Å². The summed E-state index contributed by atoms with van der Waals surface area (Å²) in [5.41, 5.74) is 3.43. The van der Waals surface area contributed by atoms with E-state index in [1.807, 2.05) is 6.07 Å². The molecule has 1 aromatic rings. The average Bonchev–Trinajstić information content (AvgIpc) is 2.46. The van der Waals surface area contributed by atoms with Crippen molar-refractivity contribution in [3.63, 3.8) is 0 Å². The molecular formula is C17H21ClO2. The molecule has 2 nitrogen and oxygen atoms in total.